The monoisotopic (exact) mass is 293 g/mol. The van der Waals surface area contributed by atoms with E-state index >= 15 is 0 Å². The Morgan fingerprint density at radius 3 is 2.36 bits per heavy atom. The Labute approximate surface area is 130 Å². The van der Waals surface area contributed by atoms with Gasteiger partial charge in [0.1, 0.15) is 5.60 Å². The lowest BCUT2D eigenvalue weighted by molar-refractivity contribution is 0.0544. The maximum absolute atomic E-state index is 12.2. The minimum atomic E-state index is -0.502. The number of nitrogens with zero attached hydrogens (tertiary/aromatic N) is 1. The number of ether oxygens (including phenoxy) is 1. The molecule has 0 unspecified atom stereocenters. The normalized spacial score (nSPS) is 11.6. The van der Waals surface area contributed by atoms with Gasteiger partial charge in [-0.15, -0.1) is 0 Å². The van der Waals surface area contributed by atoms with Crippen molar-refractivity contribution in [3.05, 3.63) is 60.8 Å². The average molecular weight is 293 g/mol. The van der Waals surface area contributed by atoms with Crippen molar-refractivity contribution in [2.75, 3.05) is 0 Å². The molecule has 3 rings (SSSR count). The molecule has 0 radical (unpaired) electrons. The van der Waals surface area contributed by atoms with Crippen molar-refractivity contribution in [1.82, 2.24) is 4.57 Å². The predicted octanol–water partition coefficient (Wildman–Crippen LogP) is 5.09. The molecule has 2 aromatic carbocycles. The molecule has 0 aliphatic rings. The van der Waals surface area contributed by atoms with E-state index in [1.165, 1.54) is 0 Å². The first-order valence-electron chi connectivity index (χ1n) is 7.34. The van der Waals surface area contributed by atoms with E-state index in [2.05, 4.69) is 18.2 Å². The fraction of sp³-hybridized carbons (Fsp3) is 0.211. The van der Waals surface area contributed by atoms with E-state index in [0.717, 1.165) is 22.0 Å². The molecule has 3 aromatic rings. The molecule has 1 heterocycles. The smallest absolute Gasteiger partial charge is 0.418 e. The van der Waals surface area contributed by atoms with Crippen molar-refractivity contribution in [2.45, 2.75) is 26.4 Å². The van der Waals surface area contributed by atoms with Crippen molar-refractivity contribution in [3.8, 4) is 11.1 Å². The molecule has 0 saturated carbocycles. The Bertz CT molecular complexity index is 810. The highest BCUT2D eigenvalue weighted by atomic mass is 16.6. The third-order valence-electron chi connectivity index (χ3n) is 3.39. The molecule has 0 atom stereocenters. The van der Waals surface area contributed by atoms with Crippen LogP contribution in [0.4, 0.5) is 4.79 Å². The third kappa shape index (κ3) is 2.89. The number of carbonyl (C=O) groups is 1. The quantitative estimate of drug-likeness (QED) is 0.625. The first-order valence-corrected chi connectivity index (χ1v) is 7.34. The highest BCUT2D eigenvalue weighted by Gasteiger charge is 2.18. The predicted molar refractivity (Wildman–Crippen MR) is 89.0 cm³/mol. The van der Waals surface area contributed by atoms with Gasteiger partial charge in [-0.05, 0) is 50.1 Å². The van der Waals surface area contributed by atoms with E-state index < -0.39 is 5.60 Å². The zero-order valence-electron chi connectivity index (χ0n) is 13.0. The largest absolute Gasteiger partial charge is 0.443 e. The summed E-state index contributed by atoms with van der Waals surface area (Å²) in [5.41, 5.74) is 2.65. The van der Waals surface area contributed by atoms with Crippen molar-refractivity contribution in [2.24, 2.45) is 0 Å². The number of rotatable bonds is 1. The van der Waals surface area contributed by atoms with Gasteiger partial charge in [0.05, 0.1) is 5.52 Å². The fourth-order valence-corrected chi connectivity index (χ4v) is 2.42. The number of benzene rings is 2. The summed E-state index contributed by atoms with van der Waals surface area (Å²) in [5.74, 6) is 0. The highest BCUT2D eigenvalue weighted by molar-refractivity contribution is 5.92. The van der Waals surface area contributed by atoms with Crippen LogP contribution in [0.15, 0.2) is 60.8 Å². The second-order valence-electron chi connectivity index (χ2n) is 6.31. The van der Waals surface area contributed by atoms with Crippen molar-refractivity contribution >= 4 is 17.0 Å². The number of carbonyl (C=O) groups excluding carboxylic acids is 1. The summed E-state index contributed by atoms with van der Waals surface area (Å²) < 4.78 is 6.98. The van der Waals surface area contributed by atoms with E-state index in [4.69, 9.17) is 4.74 Å². The second-order valence-corrected chi connectivity index (χ2v) is 6.31. The van der Waals surface area contributed by atoms with Crippen molar-refractivity contribution < 1.29 is 9.53 Å². The van der Waals surface area contributed by atoms with Gasteiger partial charge in [0, 0.05) is 11.6 Å². The van der Waals surface area contributed by atoms with Crippen LogP contribution in [0.2, 0.25) is 0 Å². The Hall–Kier alpha value is -2.55. The van der Waals surface area contributed by atoms with Gasteiger partial charge in [0.15, 0.2) is 0 Å². The van der Waals surface area contributed by atoms with Crippen LogP contribution in [0.1, 0.15) is 20.8 Å². The summed E-state index contributed by atoms with van der Waals surface area (Å²) in [5, 5.41) is 1.02. The van der Waals surface area contributed by atoms with Gasteiger partial charge < -0.3 is 4.74 Å². The van der Waals surface area contributed by atoms with Gasteiger partial charge in [-0.2, -0.15) is 0 Å². The number of fused-ring (bicyclic) bond motifs is 1. The molecule has 0 N–H and O–H groups in total. The Balaban J connectivity index is 1.98. The summed E-state index contributed by atoms with van der Waals surface area (Å²) in [6.07, 6.45) is 1.41. The highest BCUT2D eigenvalue weighted by Crippen LogP contribution is 2.25. The summed E-state index contributed by atoms with van der Waals surface area (Å²) >= 11 is 0. The minimum Gasteiger partial charge on any atom is -0.443 e. The summed E-state index contributed by atoms with van der Waals surface area (Å²) in [6, 6.07) is 18.2. The molecule has 3 nitrogen and oxygen atoms in total. The van der Waals surface area contributed by atoms with Crippen LogP contribution in [0.5, 0.6) is 0 Å². The molecule has 0 aliphatic heterocycles. The molecule has 1 aromatic heterocycles. The lowest BCUT2D eigenvalue weighted by Gasteiger charge is -2.19. The Morgan fingerprint density at radius 1 is 0.955 bits per heavy atom. The molecular weight excluding hydrogens is 274 g/mol. The summed E-state index contributed by atoms with van der Waals surface area (Å²) in [4.78, 5) is 12.2. The molecule has 0 aliphatic carbocycles. The first kappa shape index (κ1) is 14.4. The van der Waals surface area contributed by atoms with E-state index in [1.54, 1.807) is 10.8 Å². The van der Waals surface area contributed by atoms with Crippen molar-refractivity contribution in [1.29, 1.82) is 0 Å². The second kappa shape index (κ2) is 5.34. The molecule has 112 valence electrons. The zero-order chi connectivity index (χ0) is 15.7. The van der Waals surface area contributed by atoms with Crippen molar-refractivity contribution in [3.63, 3.8) is 0 Å². The first-order chi connectivity index (χ1) is 10.4. The number of hydrogen-bond donors (Lipinski definition) is 0. The summed E-state index contributed by atoms with van der Waals surface area (Å²) in [7, 11) is 0. The van der Waals surface area contributed by atoms with Crippen LogP contribution in [0.3, 0.4) is 0 Å². The maximum atomic E-state index is 12.2. The molecule has 0 amide bonds. The minimum absolute atomic E-state index is 0.352. The molecule has 0 fully saturated rings. The molecule has 0 saturated heterocycles. The van der Waals surface area contributed by atoms with Crippen LogP contribution in [-0.2, 0) is 4.74 Å². The maximum Gasteiger partial charge on any atom is 0.418 e. The number of hydrogen-bond acceptors (Lipinski definition) is 2. The Kier molecular flexibility index (Phi) is 3.49. The third-order valence-corrected chi connectivity index (χ3v) is 3.39. The van der Waals surface area contributed by atoms with Crippen LogP contribution < -0.4 is 0 Å². The average Bonchev–Trinajstić information content (AvgIpc) is 2.89. The molecular formula is C19H19NO2. The lowest BCUT2D eigenvalue weighted by Crippen LogP contribution is -2.26. The molecule has 22 heavy (non-hydrogen) atoms. The standard InChI is InChI=1S/C19H19NO2/c1-19(2,3)22-18(21)20-12-11-16-13-15(9-10-17(16)20)14-7-5-4-6-8-14/h4-13H,1-3H3. The van der Waals surface area contributed by atoms with Gasteiger partial charge in [-0.25, -0.2) is 4.79 Å². The SMILES string of the molecule is CC(C)(C)OC(=O)n1ccc2cc(-c3ccccc3)ccc21. The van der Waals surface area contributed by atoms with Gasteiger partial charge in [-0.3, -0.25) is 4.57 Å². The van der Waals surface area contributed by atoms with Gasteiger partial charge in [0.2, 0.25) is 0 Å². The van der Waals surface area contributed by atoms with E-state index in [1.807, 2.05) is 57.2 Å². The van der Waals surface area contributed by atoms with Crippen LogP contribution in [0.25, 0.3) is 22.0 Å². The Morgan fingerprint density at radius 2 is 1.68 bits per heavy atom. The lowest BCUT2D eigenvalue weighted by atomic mass is 10.0. The molecule has 0 spiro atoms. The van der Waals surface area contributed by atoms with Crippen LogP contribution in [0, 0.1) is 0 Å². The van der Waals surface area contributed by atoms with Gasteiger partial charge in [0.25, 0.3) is 0 Å². The number of aromatic nitrogens is 1. The topological polar surface area (TPSA) is 31.2 Å². The van der Waals surface area contributed by atoms with E-state index in [0.29, 0.717) is 0 Å². The van der Waals surface area contributed by atoms with E-state index in [-0.39, 0.29) is 6.09 Å². The van der Waals surface area contributed by atoms with Gasteiger partial charge in [-0.1, -0.05) is 36.4 Å². The van der Waals surface area contributed by atoms with Crippen LogP contribution >= 0.6 is 0 Å². The summed E-state index contributed by atoms with van der Waals surface area (Å²) in [6.45, 7) is 5.60. The van der Waals surface area contributed by atoms with Crippen LogP contribution in [-0.4, -0.2) is 16.3 Å². The van der Waals surface area contributed by atoms with E-state index in [9.17, 15) is 4.79 Å². The zero-order valence-corrected chi connectivity index (χ0v) is 13.0. The molecule has 3 heteroatoms. The van der Waals surface area contributed by atoms with Gasteiger partial charge >= 0.3 is 6.09 Å². The molecule has 0 bridgehead atoms. The fourth-order valence-electron chi connectivity index (χ4n) is 2.42.